The van der Waals surface area contributed by atoms with E-state index in [-0.39, 0.29) is 10.8 Å². The molecule has 6 aromatic carbocycles. The predicted octanol–water partition coefficient (Wildman–Crippen LogP) is 16.8. The fourth-order valence-corrected chi connectivity index (χ4v) is 11.8. The van der Waals surface area contributed by atoms with Crippen LogP contribution >= 0.6 is 22.7 Å². The molecule has 10 rings (SSSR count). The molecular formula is C58H53N3S2. The summed E-state index contributed by atoms with van der Waals surface area (Å²) >= 11 is 3.74. The van der Waals surface area contributed by atoms with Gasteiger partial charge in [0.1, 0.15) is 5.82 Å². The van der Waals surface area contributed by atoms with Gasteiger partial charge in [-0.1, -0.05) is 151 Å². The van der Waals surface area contributed by atoms with Crippen LogP contribution in [0, 0.1) is 13.8 Å². The van der Waals surface area contributed by atoms with Gasteiger partial charge in [-0.25, -0.2) is 9.97 Å². The Morgan fingerprint density at radius 2 is 1.16 bits per heavy atom. The van der Waals surface area contributed by atoms with Crippen LogP contribution in [0.4, 0.5) is 0 Å². The molecule has 4 heterocycles. The van der Waals surface area contributed by atoms with Crippen LogP contribution in [0.15, 0.2) is 140 Å². The molecule has 0 fully saturated rings. The Morgan fingerprint density at radius 1 is 0.492 bits per heavy atom. The number of pyridine rings is 1. The number of aromatic nitrogens is 3. The summed E-state index contributed by atoms with van der Waals surface area (Å²) in [7, 11) is 0. The second-order valence-corrected chi connectivity index (χ2v) is 21.9. The van der Waals surface area contributed by atoms with Gasteiger partial charge < -0.3 is 0 Å². The Bertz CT molecular complexity index is 3370. The summed E-state index contributed by atoms with van der Waals surface area (Å²) in [5, 5.41) is 4.94. The van der Waals surface area contributed by atoms with Crippen molar-refractivity contribution in [1.29, 1.82) is 0 Å². The molecule has 0 atom stereocenters. The maximum Gasteiger partial charge on any atom is 0.141 e. The molecule has 312 valence electrons. The second kappa shape index (κ2) is 15.1. The zero-order valence-corrected chi connectivity index (χ0v) is 39.6. The van der Waals surface area contributed by atoms with Gasteiger partial charge in [-0.05, 0) is 113 Å². The van der Waals surface area contributed by atoms with Gasteiger partial charge in [0.15, 0.2) is 0 Å². The molecule has 0 saturated carbocycles. The van der Waals surface area contributed by atoms with Crippen molar-refractivity contribution in [3.8, 4) is 44.8 Å². The maximum absolute atomic E-state index is 5.82. The van der Waals surface area contributed by atoms with Crippen LogP contribution in [0.25, 0.3) is 85.9 Å². The van der Waals surface area contributed by atoms with E-state index in [1.807, 2.05) is 22.7 Å². The molecule has 63 heavy (non-hydrogen) atoms. The Kier molecular flexibility index (Phi) is 9.81. The predicted molar refractivity (Wildman–Crippen MR) is 273 cm³/mol. The molecule has 4 aromatic heterocycles. The van der Waals surface area contributed by atoms with E-state index in [1.165, 1.54) is 69.2 Å². The molecule has 0 amide bonds. The van der Waals surface area contributed by atoms with Gasteiger partial charge in [0.05, 0.1) is 32.7 Å². The summed E-state index contributed by atoms with van der Waals surface area (Å²) in [4.78, 5) is 18.4. The van der Waals surface area contributed by atoms with E-state index in [4.69, 9.17) is 15.0 Å². The molecule has 0 spiro atoms. The summed E-state index contributed by atoms with van der Waals surface area (Å²) < 4.78 is 3.59. The number of thiophene rings is 2. The van der Waals surface area contributed by atoms with E-state index in [0.29, 0.717) is 0 Å². The van der Waals surface area contributed by atoms with E-state index in [1.54, 1.807) is 0 Å². The van der Waals surface area contributed by atoms with E-state index < -0.39 is 5.41 Å². The molecule has 0 unspecified atom stereocenters. The average molecular weight is 856 g/mol. The maximum atomic E-state index is 5.82. The van der Waals surface area contributed by atoms with Crippen molar-refractivity contribution < 1.29 is 0 Å². The van der Waals surface area contributed by atoms with E-state index in [2.05, 4.69) is 209 Å². The zero-order chi connectivity index (χ0) is 44.0. The molecule has 0 bridgehead atoms. The summed E-state index contributed by atoms with van der Waals surface area (Å²) in [6, 6.07) is 50.9. The van der Waals surface area contributed by atoms with E-state index >= 15 is 0 Å². The molecule has 0 aliphatic rings. The summed E-state index contributed by atoms with van der Waals surface area (Å²) in [6.45, 7) is 22.8. The summed E-state index contributed by atoms with van der Waals surface area (Å²) in [6.07, 6.45) is 0. The number of rotatable bonds is 6. The Labute approximate surface area is 379 Å². The fraction of sp³-hybridized carbons (Fsp3) is 0.224. The Hall–Kier alpha value is -6.01. The quantitative estimate of drug-likeness (QED) is 0.167. The van der Waals surface area contributed by atoms with Crippen molar-refractivity contribution in [2.45, 2.75) is 85.5 Å². The molecule has 0 saturated heterocycles. The second-order valence-electron chi connectivity index (χ2n) is 19.8. The van der Waals surface area contributed by atoms with Gasteiger partial charge in [0.2, 0.25) is 0 Å². The van der Waals surface area contributed by atoms with Crippen molar-refractivity contribution in [2.75, 3.05) is 0 Å². The van der Waals surface area contributed by atoms with Gasteiger partial charge in [-0.2, -0.15) is 0 Å². The van der Waals surface area contributed by atoms with Crippen molar-refractivity contribution in [2.24, 2.45) is 0 Å². The number of aryl methyl sites for hydroxylation is 2. The first-order valence-electron chi connectivity index (χ1n) is 22.0. The van der Waals surface area contributed by atoms with Crippen molar-refractivity contribution >= 4 is 63.8 Å². The number of hydrogen-bond donors (Lipinski definition) is 0. The minimum Gasteiger partial charge on any atom is -0.252 e. The van der Waals surface area contributed by atoms with Gasteiger partial charge in [-0.3, -0.25) is 4.98 Å². The topological polar surface area (TPSA) is 38.7 Å². The Morgan fingerprint density at radius 3 is 1.84 bits per heavy atom. The van der Waals surface area contributed by atoms with Crippen molar-refractivity contribution in [1.82, 2.24) is 15.0 Å². The number of fused-ring (bicyclic) bond motifs is 6. The molecule has 10 aromatic rings. The van der Waals surface area contributed by atoms with Gasteiger partial charge in [0, 0.05) is 41.7 Å². The van der Waals surface area contributed by atoms with Crippen LogP contribution in [0.2, 0.25) is 0 Å². The minimum absolute atomic E-state index is 0.0228. The molecule has 0 radical (unpaired) electrons. The smallest absolute Gasteiger partial charge is 0.141 e. The van der Waals surface area contributed by atoms with Gasteiger partial charge in [0.25, 0.3) is 0 Å². The molecule has 0 aliphatic heterocycles. The zero-order valence-electron chi connectivity index (χ0n) is 37.9. The van der Waals surface area contributed by atoms with Gasteiger partial charge in [-0.15, -0.1) is 22.7 Å². The highest BCUT2D eigenvalue weighted by molar-refractivity contribution is 7.26. The average Bonchev–Trinajstić information content (AvgIpc) is 3.86. The third kappa shape index (κ3) is 7.06. The third-order valence-corrected chi connectivity index (χ3v) is 15.5. The van der Waals surface area contributed by atoms with E-state index in [9.17, 15) is 0 Å². The fourth-order valence-electron chi connectivity index (χ4n) is 9.24. The lowest BCUT2D eigenvalue weighted by molar-refractivity contribution is 0.576. The number of benzene rings is 6. The molecular weight excluding hydrogens is 803 g/mol. The van der Waals surface area contributed by atoms with Crippen molar-refractivity contribution in [3.05, 3.63) is 173 Å². The largest absolute Gasteiger partial charge is 0.252 e. The molecule has 5 heteroatoms. The summed E-state index contributed by atoms with van der Waals surface area (Å²) in [5.74, 6) is 0.758. The lowest BCUT2D eigenvalue weighted by atomic mass is 9.84. The Balaban J connectivity index is 1.32. The van der Waals surface area contributed by atoms with Gasteiger partial charge >= 0.3 is 0 Å². The van der Waals surface area contributed by atoms with Crippen LogP contribution < -0.4 is 0 Å². The standard InChI is InChI=1S/C58H53N3S2/c1-34-20-19-21-35(2)47(34)39-31-44(36-22-13-11-14-23-36)59-46(32-39)58(9,10)55-60-50-42-33-40(56(3,4)5)28-29-45(42)62-53(50)51(61-55)43-30-38-26-17-18-27-41(38)49-48(37-24-15-12-16-25-37)54(57(6,7)8)63-52(43)49/h11-33H,1-10H3. The van der Waals surface area contributed by atoms with Crippen LogP contribution in [0.1, 0.15) is 88.5 Å². The van der Waals surface area contributed by atoms with Crippen LogP contribution in [0.5, 0.6) is 0 Å². The lowest BCUT2D eigenvalue weighted by Gasteiger charge is -2.25. The molecule has 3 nitrogen and oxygen atoms in total. The first kappa shape index (κ1) is 41.0. The highest BCUT2D eigenvalue weighted by Crippen LogP contribution is 2.52. The SMILES string of the molecule is Cc1cccc(C)c1-c1cc(-c2ccccc2)nc(C(C)(C)c2nc(-c3cc4ccccc4c4c(-c5ccccc5)c(C(C)(C)C)sc34)c3sc4ccc(C(C)(C)C)cc4c3n2)c1. The highest BCUT2D eigenvalue weighted by atomic mass is 32.1. The van der Waals surface area contributed by atoms with Crippen LogP contribution in [0.3, 0.4) is 0 Å². The number of nitrogens with zero attached hydrogens (tertiary/aromatic N) is 3. The monoisotopic (exact) mass is 855 g/mol. The number of hydrogen-bond acceptors (Lipinski definition) is 5. The van der Waals surface area contributed by atoms with Crippen LogP contribution in [-0.2, 0) is 16.2 Å². The first-order valence-corrected chi connectivity index (χ1v) is 23.7. The van der Waals surface area contributed by atoms with Crippen molar-refractivity contribution in [3.63, 3.8) is 0 Å². The minimum atomic E-state index is -0.688. The molecule has 0 aliphatic carbocycles. The third-order valence-electron chi connectivity index (χ3n) is 12.7. The molecule has 0 N–H and O–H groups in total. The normalized spacial score (nSPS) is 12.6. The van der Waals surface area contributed by atoms with Crippen LogP contribution in [-0.4, -0.2) is 15.0 Å². The lowest BCUT2D eigenvalue weighted by Crippen LogP contribution is -2.24. The summed E-state index contributed by atoms with van der Waals surface area (Å²) in [5.41, 5.74) is 14.0. The van der Waals surface area contributed by atoms with E-state index in [0.717, 1.165) is 49.8 Å². The highest BCUT2D eigenvalue weighted by Gasteiger charge is 2.34. The first-order chi connectivity index (χ1) is 30.1.